The molecular formula is C25H34F3N5O3S. The number of benzene rings is 1. The Kier molecular flexibility index (Phi) is 8.20. The Bertz CT molecular complexity index is 1190. The molecule has 12 heteroatoms. The summed E-state index contributed by atoms with van der Waals surface area (Å²) < 4.78 is 73.5. The third-order valence-electron chi connectivity index (χ3n) is 7.09. The van der Waals surface area contributed by atoms with Crippen molar-refractivity contribution < 1.29 is 26.3 Å². The van der Waals surface area contributed by atoms with Crippen LogP contribution in [0.2, 0.25) is 0 Å². The number of fused-ring (bicyclic) bond motifs is 1. The minimum atomic E-state index is -5.57. The molecule has 37 heavy (non-hydrogen) atoms. The van der Waals surface area contributed by atoms with E-state index in [1.165, 1.54) is 0 Å². The van der Waals surface area contributed by atoms with Gasteiger partial charge in [0.15, 0.2) is 0 Å². The van der Waals surface area contributed by atoms with Crippen molar-refractivity contribution in [2.45, 2.75) is 50.3 Å². The summed E-state index contributed by atoms with van der Waals surface area (Å²) in [5, 5.41) is 0. The molecule has 2 aromatic rings. The third kappa shape index (κ3) is 6.12. The molecule has 1 aromatic heterocycles. The molecule has 1 fully saturated rings. The van der Waals surface area contributed by atoms with E-state index >= 15 is 0 Å². The minimum absolute atomic E-state index is 0.0382. The van der Waals surface area contributed by atoms with Gasteiger partial charge in [-0.15, -0.1) is 0 Å². The molecule has 2 N–H and O–H groups in total. The van der Waals surface area contributed by atoms with Gasteiger partial charge in [-0.05, 0) is 57.1 Å². The first-order chi connectivity index (χ1) is 17.5. The number of alkyl halides is 3. The summed E-state index contributed by atoms with van der Waals surface area (Å²) in [6.07, 6.45) is 5.14. The van der Waals surface area contributed by atoms with Gasteiger partial charge in [-0.2, -0.15) is 17.5 Å². The first-order valence-corrected chi connectivity index (χ1v) is 13.8. The molecule has 204 valence electrons. The first-order valence-electron chi connectivity index (χ1n) is 12.4. The molecule has 0 bridgehead atoms. The zero-order valence-corrected chi connectivity index (χ0v) is 21.9. The van der Waals surface area contributed by atoms with Crippen molar-refractivity contribution in [1.82, 2.24) is 14.2 Å². The van der Waals surface area contributed by atoms with Gasteiger partial charge in [0.25, 0.3) is 0 Å². The van der Waals surface area contributed by atoms with Crippen molar-refractivity contribution >= 4 is 21.4 Å². The van der Waals surface area contributed by atoms with Gasteiger partial charge >= 0.3 is 15.5 Å². The van der Waals surface area contributed by atoms with Crippen molar-refractivity contribution in [3.8, 4) is 5.75 Å². The number of aromatic nitrogens is 1. The number of anilines is 2. The van der Waals surface area contributed by atoms with Gasteiger partial charge in [-0.1, -0.05) is 18.9 Å². The number of rotatable bonds is 8. The van der Waals surface area contributed by atoms with Crippen LogP contribution in [0.25, 0.3) is 0 Å². The first kappa shape index (κ1) is 27.5. The summed E-state index contributed by atoms with van der Waals surface area (Å²) in [6, 6.07) is 8.23. The van der Waals surface area contributed by atoms with Gasteiger partial charge in [-0.3, -0.25) is 4.98 Å². The predicted molar refractivity (Wildman–Crippen MR) is 136 cm³/mol. The summed E-state index contributed by atoms with van der Waals surface area (Å²) >= 11 is 0. The number of pyridine rings is 1. The number of nitrogens with zero attached hydrogens (tertiary/aromatic N) is 4. The van der Waals surface area contributed by atoms with Gasteiger partial charge in [0.05, 0.1) is 12.2 Å². The Morgan fingerprint density at radius 1 is 1.19 bits per heavy atom. The summed E-state index contributed by atoms with van der Waals surface area (Å²) in [7, 11) is -1.80. The number of halogens is 3. The second kappa shape index (κ2) is 11.0. The lowest BCUT2D eigenvalue weighted by Gasteiger charge is -2.37. The Morgan fingerprint density at radius 3 is 2.57 bits per heavy atom. The highest BCUT2D eigenvalue weighted by Crippen LogP contribution is 2.42. The number of hydrogen-bond donors (Lipinski definition) is 1. The average Bonchev–Trinajstić information content (AvgIpc) is 3.29. The lowest BCUT2D eigenvalue weighted by Crippen LogP contribution is -2.49. The van der Waals surface area contributed by atoms with E-state index in [0.717, 1.165) is 25.7 Å². The predicted octanol–water partition coefficient (Wildman–Crippen LogP) is 3.83. The summed E-state index contributed by atoms with van der Waals surface area (Å²) in [4.78, 5) is 8.36. The summed E-state index contributed by atoms with van der Waals surface area (Å²) in [5.41, 5.74) is 2.83. The van der Waals surface area contributed by atoms with Crippen LogP contribution in [0.4, 0.5) is 24.5 Å². The van der Waals surface area contributed by atoms with E-state index < -0.39 is 28.1 Å². The molecule has 0 saturated heterocycles. The van der Waals surface area contributed by atoms with E-state index in [1.54, 1.807) is 30.5 Å². The number of sulfonamides is 1. The van der Waals surface area contributed by atoms with Crippen LogP contribution in [-0.4, -0.2) is 67.9 Å². The fourth-order valence-corrected chi connectivity index (χ4v) is 6.16. The van der Waals surface area contributed by atoms with Crippen LogP contribution in [0.15, 0.2) is 36.5 Å². The van der Waals surface area contributed by atoms with E-state index in [9.17, 15) is 21.6 Å². The monoisotopic (exact) mass is 541 g/mol. The molecule has 4 rings (SSSR count). The fraction of sp³-hybridized carbons (Fsp3) is 0.560. The molecule has 1 aliphatic heterocycles. The lowest BCUT2D eigenvalue weighted by atomic mass is 9.95. The molecule has 8 nitrogen and oxygen atoms in total. The zero-order valence-electron chi connectivity index (χ0n) is 21.1. The Balaban J connectivity index is 1.83. The largest absolute Gasteiger partial charge is 0.511 e. The van der Waals surface area contributed by atoms with Crippen LogP contribution in [0.1, 0.15) is 36.9 Å². The molecule has 0 spiro atoms. The number of ether oxygens (including phenoxy) is 1. The van der Waals surface area contributed by atoms with Gasteiger partial charge in [0.1, 0.15) is 12.4 Å². The molecule has 1 atom stereocenters. The van der Waals surface area contributed by atoms with E-state index in [0.29, 0.717) is 45.8 Å². The SMILES string of the molecule is CN(C)CCOc1cccc2c1CN(S(=O)(=O)C(F)(F)F)CC(C1CCCC1)N2Cc1cc(N)ccn1. The van der Waals surface area contributed by atoms with Crippen LogP contribution in [0.5, 0.6) is 5.75 Å². The van der Waals surface area contributed by atoms with Crippen molar-refractivity contribution in [3.05, 3.63) is 47.8 Å². The molecular weight excluding hydrogens is 507 g/mol. The maximum Gasteiger partial charge on any atom is 0.511 e. The molecule has 1 unspecified atom stereocenters. The Labute approximate surface area is 216 Å². The third-order valence-corrected chi connectivity index (χ3v) is 8.63. The van der Waals surface area contributed by atoms with Gasteiger partial charge in [0.2, 0.25) is 0 Å². The highest BCUT2D eigenvalue weighted by molar-refractivity contribution is 7.89. The zero-order chi connectivity index (χ0) is 26.8. The van der Waals surface area contributed by atoms with Crippen LogP contribution in [-0.2, 0) is 23.1 Å². The molecule has 0 amide bonds. The quantitative estimate of drug-likeness (QED) is 0.543. The molecule has 1 saturated carbocycles. The highest BCUT2D eigenvalue weighted by Gasteiger charge is 2.52. The fourth-order valence-electron chi connectivity index (χ4n) is 5.22. The standard InChI is InChI=1S/C25H34F3N5O3S/c1-31(2)12-13-36-24-9-5-8-22-21(24)16-32(37(34,35)25(26,27)28)17-23(18-6-3-4-7-18)33(22)15-20-14-19(29)10-11-30-20/h5,8-11,14,18,23H,3-4,6-7,12-13,15-17H2,1-2H3,(H2,29,30). The van der Waals surface area contributed by atoms with Gasteiger partial charge in [0, 0.05) is 48.8 Å². The van der Waals surface area contributed by atoms with Crippen LogP contribution < -0.4 is 15.4 Å². The average molecular weight is 542 g/mol. The molecule has 2 heterocycles. The van der Waals surface area contributed by atoms with E-state index in [1.807, 2.05) is 30.0 Å². The van der Waals surface area contributed by atoms with E-state index in [4.69, 9.17) is 10.5 Å². The second-order valence-electron chi connectivity index (χ2n) is 9.97. The highest BCUT2D eigenvalue weighted by atomic mass is 32.2. The molecule has 1 aromatic carbocycles. The van der Waals surface area contributed by atoms with Crippen molar-refractivity contribution in [3.63, 3.8) is 0 Å². The van der Waals surface area contributed by atoms with E-state index in [-0.39, 0.29) is 19.0 Å². The Hall–Kier alpha value is -2.57. The summed E-state index contributed by atoms with van der Waals surface area (Å²) in [5.74, 6) is 0.413. The van der Waals surface area contributed by atoms with Crippen molar-refractivity contribution in [1.29, 1.82) is 0 Å². The van der Waals surface area contributed by atoms with Crippen LogP contribution in [0, 0.1) is 5.92 Å². The topological polar surface area (TPSA) is 92.0 Å². The van der Waals surface area contributed by atoms with Gasteiger partial charge < -0.3 is 20.3 Å². The number of likely N-dealkylation sites (N-methyl/N-ethyl adjacent to an activating group) is 1. The summed E-state index contributed by atoms with van der Waals surface area (Å²) in [6.45, 7) is 0.467. The smallest absolute Gasteiger partial charge is 0.492 e. The number of nitrogen functional groups attached to an aromatic ring is 1. The minimum Gasteiger partial charge on any atom is -0.492 e. The lowest BCUT2D eigenvalue weighted by molar-refractivity contribution is -0.0493. The van der Waals surface area contributed by atoms with Crippen molar-refractivity contribution in [2.24, 2.45) is 5.92 Å². The molecule has 0 radical (unpaired) electrons. The maximum absolute atomic E-state index is 13.8. The maximum atomic E-state index is 13.8. The second-order valence-corrected chi connectivity index (χ2v) is 11.9. The van der Waals surface area contributed by atoms with Crippen LogP contribution >= 0.6 is 0 Å². The van der Waals surface area contributed by atoms with Gasteiger partial charge in [-0.25, -0.2) is 8.42 Å². The van der Waals surface area contributed by atoms with E-state index in [2.05, 4.69) is 4.98 Å². The number of hydrogen-bond acceptors (Lipinski definition) is 7. The Morgan fingerprint density at radius 2 is 1.92 bits per heavy atom. The molecule has 2 aliphatic rings. The number of nitrogens with two attached hydrogens (primary N) is 1. The molecule has 1 aliphatic carbocycles. The van der Waals surface area contributed by atoms with Crippen LogP contribution in [0.3, 0.4) is 0 Å². The normalized spacial score (nSPS) is 19.7. The van der Waals surface area contributed by atoms with Crippen molar-refractivity contribution in [2.75, 3.05) is 44.4 Å².